The lowest BCUT2D eigenvalue weighted by Crippen LogP contribution is -2.26. The summed E-state index contributed by atoms with van der Waals surface area (Å²) in [7, 11) is 0. The maximum absolute atomic E-state index is 5.34. The molecule has 0 aromatic carbocycles. The predicted molar refractivity (Wildman–Crippen MR) is 62.4 cm³/mol. The molecule has 0 aliphatic heterocycles. The molecule has 0 aromatic rings. The van der Waals surface area contributed by atoms with E-state index in [0.29, 0.717) is 6.10 Å². The molecule has 12 heavy (non-hydrogen) atoms. The third kappa shape index (κ3) is 4.08. The smallest absolute Gasteiger partial charge is 0.110 e. The van der Waals surface area contributed by atoms with Gasteiger partial charge in [0, 0.05) is 0 Å². The van der Waals surface area contributed by atoms with Crippen molar-refractivity contribution < 1.29 is 3.07 Å². The van der Waals surface area contributed by atoms with Crippen LogP contribution in [0.15, 0.2) is 0 Å². The molecule has 1 nitrogen and oxygen atoms in total. The fourth-order valence-electron chi connectivity index (χ4n) is 1.60. The molecular formula is C10H21IO. The van der Waals surface area contributed by atoms with Crippen LogP contribution in [0.25, 0.3) is 0 Å². The van der Waals surface area contributed by atoms with Gasteiger partial charge < -0.3 is 3.07 Å². The van der Waals surface area contributed by atoms with Crippen molar-refractivity contribution in [3.63, 3.8) is 0 Å². The van der Waals surface area contributed by atoms with E-state index in [2.05, 4.69) is 13.8 Å². The standard InChI is InChI=1S/C8H15IO.C2H6/c1-6-3-4-7(2)8(5-6)10-9;1-2/h6-8H,3-5H2,1-2H3;1-2H3. The van der Waals surface area contributed by atoms with E-state index < -0.39 is 0 Å². The fraction of sp³-hybridized carbons (Fsp3) is 1.00. The minimum atomic E-state index is 0.518. The summed E-state index contributed by atoms with van der Waals surface area (Å²) in [5, 5.41) is 0. The highest BCUT2D eigenvalue weighted by Gasteiger charge is 2.25. The van der Waals surface area contributed by atoms with Gasteiger partial charge in [0.25, 0.3) is 0 Å². The molecule has 1 rings (SSSR count). The van der Waals surface area contributed by atoms with E-state index >= 15 is 0 Å². The second-order valence-electron chi connectivity index (χ2n) is 3.52. The Bertz CT molecular complexity index is 106. The zero-order valence-electron chi connectivity index (χ0n) is 8.64. The van der Waals surface area contributed by atoms with Crippen LogP contribution in [-0.4, -0.2) is 6.10 Å². The molecule has 2 heteroatoms. The molecule has 3 unspecified atom stereocenters. The molecule has 0 bridgehead atoms. The summed E-state index contributed by atoms with van der Waals surface area (Å²) >= 11 is 2.03. The quantitative estimate of drug-likeness (QED) is 0.656. The topological polar surface area (TPSA) is 9.23 Å². The predicted octanol–water partition coefficient (Wildman–Crippen LogP) is 4.20. The van der Waals surface area contributed by atoms with Crippen LogP contribution in [0, 0.1) is 11.8 Å². The Morgan fingerprint density at radius 2 is 1.75 bits per heavy atom. The lowest BCUT2D eigenvalue weighted by Gasteiger charge is -2.30. The summed E-state index contributed by atoms with van der Waals surface area (Å²) in [4.78, 5) is 0. The van der Waals surface area contributed by atoms with Crippen molar-refractivity contribution in [2.24, 2.45) is 11.8 Å². The molecule has 3 atom stereocenters. The van der Waals surface area contributed by atoms with Gasteiger partial charge in [-0.2, -0.15) is 0 Å². The maximum atomic E-state index is 5.34. The summed E-state index contributed by atoms with van der Waals surface area (Å²) in [6, 6.07) is 0. The number of hydrogen-bond acceptors (Lipinski definition) is 1. The zero-order valence-corrected chi connectivity index (χ0v) is 10.8. The minimum Gasteiger partial charge on any atom is -0.312 e. The van der Waals surface area contributed by atoms with Crippen molar-refractivity contribution >= 4 is 23.0 Å². The summed E-state index contributed by atoms with van der Waals surface area (Å²) in [6.07, 6.45) is 4.50. The molecule has 1 aliphatic carbocycles. The van der Waals surface area contributed by atoms with Crippen molar-refractivity contribution in [3.8, 4) is 0 Å². The van der Waals surface area contributed by atoms with Crippen LogP contribution < -0.4 is 0 Å². The van der Waals surface area contributed by atoms with Gasteiger partial charge in [0.2, 0.25) is 0 Å². The van der Waals surface area contributed by atoms with Crippen LogP contribution >= 0.6 is 23.0 Å². The zero-order chi connectivity index (χ0) is 9.56. The van der Waals surface area contributed by atoms with Crippen LogP contribution in [-0.2, 0) is 3.07 Å². The molecule has 1 saturated carbocycles. The first-order chi connectivity index (χ1) is 5.74. The minimum absolute atomic E-state index is 0.518. The monoisotopic (exact) mass is 284 g/mol. The highest BCUT2D eigenvalue weighted by molar-refractivity contribution is 14.1. The first-order valence-electron chi connectivity index (χ1n) is 5.01. The number of hydrogen-bond donors (Lipinski definition) is 0. The first-order valence-corrected chi connectivity index (χ1v) is 5.89. The fourth-order valence-corrected chi connectivity index (χ4v) is 2.31. The molecule has 0 radical (unpaired) electrons. The van der Waals surface area contributed by atoms with E-state index in [1.165, 1.54) is 19.3 Å². The molecule has 0 heterocycles. The van der Waals surface area contributed by atoms with Gasteiger partial charge in [-0.1, -0.05) is 34.1 Å². The average molecular weight is 284 g/mol. The number of halogens is 1. The van der Waals surface area contributed by atoms with Gasteiger partial charge in [-0.15, -0.1) is 0 Å². The lowest BCUT2D eigenvalue weighted by molar-refractivity contribution is 0.120. The van der Waals surface area contributed by atoms with Crippen LogP contribution in [0.1, 0.15) is 47.0 Å². The summed E-state index contributed by atoms with van der Waals surface area (Å²) in [5.74, 6) is 1.64. The van der Waals surface area contributed by atoms with E-state index in [9.17, 15) is 0 Å². The van der Waals surface area contributed by atoms with E-state index in [1.807, 2.05) is 36.9 Å². The highest BCUT2D eigenvalue weighted by Crippen LogP contribution is 2.31. The van der Waals surface area contributed by atoms with E-state index in [4.69, 9.17) is 3.07 Å². The largest absolute Gasteiger partial charge is 0.312 e. The average Bonchev–Trinajstić information content (AvgIpc) is 2.13. The summed E-state index contributed by atoms with van der Waals surface area (Å²) < 4.78 is 5.34. The second-order valence-corrected chi connectivity index (χ2v) is 4.03. The second kappa shape index (κ2) is 7.13. The van der Waals surface area contributed by atoms with Gasteiger partial charge in [0.1, 0.15) is 23.0 Å². The van der Waals surface area contributed by atoms with E-state index in [0.717, 1.165) is 11.8 Å². The van der Waals surface area contributed by atoms with E-state index in [1.54, 1.807) is 0 Å². The van der Waals surface area contributed by atoms with Gasteiger partial charge in [0.05, 0.1) is 6.10 Å². The van der Waals surface area contributed by atoms with Gasteiger partial charge in [-0.25, -0.2) is 0 Å². The molecule has 1 fully saturated rings. The lowest BCUT2D eigenvalue weighted by atomic mass is 9.82. The molecular weight excluding hydrogens is 263 g/mol. The molecule has 1 aliphatic rings. The first kappa shape index (κ1) is 12.7. The molecule has 0 amide bonds. The molecule has 0 spiro atoms. The normalized spacial score (nSPS) is 35.2. The summed E-state index contributed by atoms with van der Waals surface area (Å²) in [6.45, 7) is 8.60. The maximum Gasteiger partial charge on any atom is 0.110 e. The molecule has 0 saturated heterocycles. The van der Waals surface area contributed by atoms with Crippen molar-refractivity contribution in [1.29, 1.82) is 0 Å². The Kier molecular flexibility index (Phi) is 7.54. The van der Waals surface area contributed by atoms with Crippen LogP contribution in [0.4, 0.5) is 0 Å². The Morgan fingerprint density at radius 3 is 2.17 bits per heavy atom. The molecule has 0 N–H and O–H groups in total. The number of rotatable bonds is 1. The Morgan fingerprint density at radius 1 is 1.17 bits per heavy atom. The molecule has 74 valence electrons. The highest BCUT2D eigenvalue weighted by atomic mass is 127. The van der Waals surface area contributed by atoms with Gasteiger partial charge in [-0.05, 0) is 24.7 Å². The van der Waals surface area contributed by atoms with Gasteiger partial charge >= 0.3 is 0 Å². The van der Waals surface area contributed by atoms with Crippen molar-refractivity contribution in [2.45, 2.75) is 53.1 Å². The van der Waals surface area contributed by atoms with E-state index in [-0.39, 0.29) is 0 Å². The van der Waals surface area contributed by atoms with Crippen LogP contribution in [0.3, 0.4) is 0 Å². The third-order valence-corrected chi connectivity index (χ3v) is 3.15. The Hall–Kier alpha value is 0.690. The van der Waals surface area contributed by atoms with Gasteiger partial charge in [0.15, 0.2) is 0 Å². The van der Waals surface area contributed by atoms with Crippen LogP contribution in [0.2, 0.25) is 0 Å². The summed E-state index contributed by atoms with van der Waals surface area (Å²) in [5.41, 5.74) is 0. The Balaban J connectivity index is 0.000000561. The van der Waals surface area contributed by atoms with Crippen molar-refractivity contribution in [3.05, 3.63) is 0 Å². The molecule has 0 aromatic heterocycles. The Labute approximate surface area is 91.0 Å². The SMILES string of the molecule is CC.CC1CCC(C)C(OI)C1. The third-order valence-electron chi connectivity index (χ3n) is 2.50. The van der Waals surface area contributed by atoms with Gasteiger partial charge in [-0.3, -0.25) is 0 Å². The van der Waals surface area contributed by atoms with Crippen LogP contribution in [0.5, 0.6) is 0 Å². The van der Waals surface area contributed by atoms with Crippen molar-refractivity contribution in [1.82, 2.24) is 0 Å². The van der Waals surface area contributed by atoms with Crippen molar-refractivity contribution in [2.75, 3.05) is 0 Å².